The average Bonchev–Trinajstić information content (AvgIpc) is 2.70. The monoisotopic (exact) mass is 407 g/mol. The van der Waals surface area contributed by atoms with Crippen molar-refractivity contribution in [3.63, 3.8) is 0 Å². The van der Waals surface area contributed by atoms with Gasteiger partial charge in [-0.1, -0.05) is 0 Å². The van der Waals surface area contributed by atoms with Crippen LogP contribution in [0.1, 0.15) is 50.9 Å². The summed E-state index contributed by atoms with van der Waals surface area (Å²) >= 11 is 0. The minimum atomic E-state index is -1.19. The zero-order valence-electron chi connectivity index (χ0n) is 18.4. The number of hydrogen-bond acceptors (Lipinski definition) is 5. The van der Waals surface area contributed by atoms with Gasteiger partial charge in [-0.2, -0.15) is 0 Å². The van der Waals surface area contributed by atoms with Crippen LogP contribution in [0.3, 0.4) is 0 Å². The number of rotatable bonds is 6. The molecule has 30 heavy (non-hydrogen) atoms. The van der Waals surface area contributed by atoms with Crippen molar-refractivity contribution in [2.24, 2.45) is 0 Å². The number of carboxylic acid groups (broad SMARTS) is 1. The van der Waals surface area contributed by atoms with E-state index in [-0.39, 0.29) is 12.8 Å². The number of benzene rings is 2. The third kappa shape index (κ3) is 3.97. The first kappa shape index (κ1) is 21.6. The summed E-state index contributed by atoms with van der Waals surface area (Å²) in [6.45, 7) is 12.9. The van der Waals surface area contributed by atoms with Crippen LogP contribution in [-0.2, 0) is 17.8 Å². The summed E-state index contributed by atoms with van der Waals surface area (Å²) < 4.78 is 11.5. The number of fused-ring (bicyclic) bond motifs is 1. The van der Waals surface area contributed by atoms with Crippen LogP contribution in [0.2, 0.25) is 0 Å². The lowest BCUT2D eigenvalue weighted by Gasteiger charge is -2.19. The van der Waals surface area contributed by atoms with Crippen molar-refractivity contribution in [1.82, 2.24) is 0 Å². The number of ether oxygens (including phenoxy) is 1. The van der Waals surface area contributed by atoms with E-state index in [9.17, 15) is 14.7 Å². The third-order valence-corrected chi connectivity index (χ3v) is 6.38. The van der Waals surface area contributed by atoms with Crippen molar-refractivity contribution >= 4 is 16.9 Å². The van der Waals surface area contributed by atoms with E-state index in [1.807, 2.05) is 12.1 Å². The van der Waals surface area contributed by atoms with Gasteiger partial charge in [0.15, 0.2) is 0 Å². The second-order valence-electron chi connectivity index (χ2n) is 7.92. The van der Waals surface area contributed by atoms with Gasteiger partial charge >= 0.3 is 5.63 Å². The Kier molecular flexibility index (Phi) is 6.01. The van der Waals surface area contributed by atoms with Crippen molar-refractivity contribution < 1.29 is 19.1 Å². The van der Waals surface area contributed by atoms with Crippen molar-refractivity contribution in [2.75, 3.05) is 0 Å². The predicted molar refractivity (Wildman–Crippen MR) is 115 cm³/mol. The molecule has 0 aliphatic heterocycles. The molecule has 0 aliphatic carbocycles. The van der Waals surface area contributed by atoms with E-state index in [0.717, 1.165) is 10.9 Å². The fourth-order valence-electron chi connectivity index (χ4n) is 3.93. The van der Waals surface area contributed by atoms with Gasteiger partial charge in [-0.15, -0.1) is 0 Å². The first-order valence-corrected chi connectivity index (χ1v) is 10.1. The Labute approximate surface area is 176 Å². The molecule has 0 aliphatic rings. The van der Waals surface area contributed by atoms with Gasteiger partial charge in [-0.25, -0.2) is 4.79 Å². The SMILES string of the molecule is Cc1c(C)c(C)c(COc2ccc3c(C)c(CCC(=O)[O-])c(=O)oc3c2)c(C)c1C. The molecule has 0 saturated heterocycles. The highest BCUT2D eigenvalue weighted by molar-refractivity contribution is 5.82. The molecule has 1 aromatic heterocycles. The lowest BCUT2D eigenvalue weighted by atomic mass is 9.90. The van der Waals surface area contributed by atoms with Crippen molar-refractivity contribution in [3.05, 3.63) is 73.1 Å². The van der Waals surface area contributed by atoms with Gasteiger partial charge in [0.1, 0.15) is 17.9 Å². The van der Waals surface area contributed by atoms with Crippen LogP contribution in [0.15, 0.2) is 27.4 Å². The second-order valence-corrected chi connectivity index (χ2v) is 7.92. The highest BCUT2D eigenvalue weighted by Crippen LogP contribution is 2.29. The molecule has 0 unspecified atom stereocenters. The van der Waals surface area contributed by atoms with Crippen molar-refractivity contribution in [2.45, 2.75) is 61.0 Å². The lowest BCUT2D eigenvalue weighted by molar-refractivity contribution is -0.305. The number of aryl methyl sites for hydroxylation is 1. The zero-order chi connectivity index (χ0) is 22.2. The molecule has 0 amide bonds. The Morgan fingerprint density at radius 1 is 0.900 bits per heavy atom. The van der Waals surface area contributed by atoms with E-state index in [1.54, 1.807) is 13.0 Å². The maximum absolute atomic E-state index is 12.3. The predicted octanol–water partition coefficient (Wildman–Crippen LogP) is 3.91. The topological polar surface area (TPSA) is 79.6 Å². The van der Waals surface area contributed by atoms with E-state index in [0.29, 0.717) is 23.5 Å². The van der Waals surface area contributed by atoms with Crippen LogP contribution in [0.5, 0.6) is 5.75 Å². The molecule has 3 rings (SSSR count). The molecule has 5 heteroatoms. The first-order chi connectivity index (χ1) is 14.1. The maximum atomic E-state index is 12.3. The Balaban J connectivity index is 1.92. The summed E-state index contributed by atoms with van der Waals surface area (Å²) in [5.41, 5.74) is 8.51. The molecule has 0 saturated carbocycles. The van der Waals surface area contributed by atoms with Crippen LogP contribution in [0.4, 0.5) is 0 Å². The molecule has 3 aromatic rings. The Morgan fingerprint density at radius 3 is 2.10 bits per heavy atom. The summed E-state index contributed by atoms with van der Waals surface area (Å²) in [4.78, 5) is 23.1. The highest BCUT2D eigenvalue weighted by atomic mass is 16.5. The number of carbonyl (C=O) groups excluding carboxylic acids is 1. The quantitative estimate of drug-likeness (QED) is 0.579. The van der Waals surface area contributed by atoms with Crippen LogP contribution in [0, 0.1) is 41.5 Å². The summed E-state index contributed by atoms with van der Waals surface area (Å²) in [6, 6.07) is 5.40. The highest BCUT2D eigenvalue weighted by Gasteiger charge is 2.14. The van der Waals surface area contributed by atoms with E-state index in [4.69, 9.17) is 9.15 Å². The van der Waals surface area contributed by atoms with Gasteiger partial charge in [0.2, 0.25) is 0 Å². The van der Waals surface area contributed by atoms with Gasteiger partial charge < -0.3 is 19.1 Å². The molecule has 5 nitrogen and oxygen atoms in total. The Hall–Kier alpha value is -3.08. The normalized spacial score (nSPS) is 11.1. The minimum absolute atomic E-state index is 0.0926. The van der Waals surface area contributed by atoms with E-state index >= 15 is 0 Å². The summed E-state index contributed by atoms with van der Waals surface area (Å²) in [5, 5.41) is 11.5. The summed E-state index contributed by atoms with van der Waals surface area (Å²) in [5.74, 6) is -0.577. The van der Waals surface area contributed by atoms with Crippen LogP contribution in [0.25, 0.3) is 11.0 Å². The van der Waals surface area contributed by atoms with Crippen molar-refractivity contribution in [3.8, 4) is 5.75 Å². The number of carboxylic acids is 1. The molecule has 0 radical (unpaired) electrons. The second kappa shape index (κ2) is 8.34. The summed E-state index contributed by atoms with van der Waals surface area (Å²) in [7, 11) is 0. The van der Waals surface area contributed by atoms with Gasteiger partial charge in [0.05, 0.1) is 0 Å². The Bertz CT molecular complexity index is 1170. The van der Waals surface area contributed by atoms with Gasteiger partial charge in [-0.05, 0) is 105 Å². The molecule has 0 fully saturated rings. The van der Waals surface area contributed by atoms with E-state index < -0.39 is 11.6 Å². The van der Waals surface area contributed by atoms with Crippen LogP contribution in [-0.4, -0.2) is 5.97 Å². The number of aliphatic carboxylic acids is 1. The summed E-state index contributed by atoms with van der Waals surface area (Å²) in [6.07, 6.45) is -0.123. The molecule has 0 spiro atoms. The fourth-order valence-corrected chi connectivity index (χ4v) is 3.93. The van der Waals surface area contributed by atoms with Crippen molar-refractivity contribution in [1.29, 1.82) is 0 Å². The average molecular weight is 407 g/mol. The third-order valence-electron chi connectivity index (χ3n) is 6.38. The smallest absolute Gasteiger partial charge is 0.339 e. The molecule has 2 aromatic carbocycles. The number of hydrogen-bond donors (Lipinski definition) is 0. The lowest BCUT2D eigenvalue weighted by Crippen LogP contribution is -2.24. The van der Waals surface area contributed by atoms with E-state index in [2.05, 4.69) is 34.6 Å². The molecule has 158 valence electrons. The molecule has 0 atom stereocenters. The zero-order valence-corrected chi connectivity index (χ0v) is 18.4. The molecular formula is C25H27O5-. The fraction of sp³-hybridized carbons (Fsp3) is 0.360. The van der Waals surface area contributed by atoms with Gasteiger partial charge in [-0.3, -0.25) is 0 Å². The molecule has 0 N–H and O–H groups in total. The minimum Gasteiger partial charge on any atom is -0.550 e. The maximum Gasteiger partial charge on any atom is 0.339 e. The number of carbonyl (C=O) groups is 1. The largest absolute Gasteiger partial charge is 0.550 e. The van der Waals surface area contributed by atoms with Gasteiger partial charge in [0.25, 0.3) is 0 Å². The molecule has 0 bridgehead atoms. The molecular weight excluding hydrogens is 380 g/mol. The Morgan fingerprint density at radius 2 is 1.50 bits per heavy atom. The first-order valence-electron chi connectivity index (χ1n) is 10.1. The van der Waals surface area contributed by atoms with E-state index in [1.165, 1.54) is 33.4 Å². The van der Waals surface area contributed by atoms with Gasteiger partial charge in [0, 0.05) is 23.0 Å². The van der Waals surface area contributed by atoms with Crippen LogP contribution >= 0.6 is 0 Å². The molecule has 1 heterocycles. The standard InChI is InChI=1S/C25H28O5/c1-13-14(2)16(4)22(17(5)15(13)3)12-29-19-7-8-20-18(6)21(9-10-24(26)27)25(28)30-23(20)11-19/h7-8,11H,9-10,12H2,1-6H3,(H,26,27)/p-1. The van der Waals surface area contributed by atoms with Crippen LogP contribution < -0.4 is 15.5 Å².